The molecule has 1 aliphatic heterocycles. The Kier molecular flexibility index (Phi) is 5.62. The number of halogens is 4. The quantitative estimate of drug-likeness (QED) is 0.466. The van der Waals surface area contributed by atoms with E-state index in [0.29, 0.717) is 27.9 Å². The Bertz CT molecular complexity index is 1060. The second-order valence-electron chi connectivity index (χ2n) is 6.46. The smallest absolute Gasteiger partial charge is 0.416 e. The van der Waals surface area contributed by atoms with Gasteiger partial charge in [-0.1, -0.05) is 23.7 Å². The third kappa shape index (κ3) is 4.39. The highest BCUT2D eigenvalue weighted by Gasteiger charge is 2.37. The third-order valence-corrected chi connectivity index (χ3v) is 5.85. The van der Waals surface area contributed by atoms with Crippen LogP contribution in [0.15, 0.2) is 66.9 Å². The average molecular weight is 451 g/mol. The van der Waals surface area contributed by atoms with E-state index in [0.717, 1.165) is 12.1 Å². The van der Waals surface area contributed by atoms with Gasteiger partial charge in [0.15, 0.2) is 0 Å². The summed E-state index contributed by atoms with van der Waals surface area (Å²) in [6.45, 7) is 0. The van der Waals surface area contributed by atoms with E-state index in [-0.39, 0.29) is 11.7 Å². The molecule has 0 spiro atoms. The lowest BCUT2D eigenvalue weighted by Gasteiger charge is -2.24. The molecule has 0 saturated carbocycles. The predicted molar refractivity (Wildman–Crippen MR) is 110 cm³/mol. The van der Waals surface area contributed by atoms with Crippen LogP contribution >= 0.6 is 23.4 Å². The van der Waals surface area contributed by atoms with Crippen molar-refractivity contribution in [2.24, 2.45) is 0 Å². The summed E-state index contributed by atoms with van der Waals surface area (Å²) in [4.78, 5) is 18.1. The minimum absolute atomic E-state index is 0.158. The topological polar surface area (TPSA) is 42.4 Å². The summed E-state index contributed by atoms with van der Waals surface area (Å²) in [5.74, 6) is 1.31. The predicted octanol–water partition coefficient (Wildman–Crippen LogP) is 6.32. The molecule has 0 radical (unpaired) electrons. The number of ether oxygens (including phenoxy) is 1. The maximum absolute atomic E-state index is 13.1. The molecule has 1 amide bonds. The molecule has 0 bridgehead atoms. The molecule has 1 aliphatic rings. The van der Waals surface area contributed by atoms with Crippen LogP contribution in [-0.4, -0.2) is 16.6 Å². The Hall–Kier alpha value is -2.71. The lowest BCUT2D eigenvalue weighted by atomic mass is 10.1. The average Bonchev–Trinajstić information content (AvgIpc) is 3.11. The number of benzene rings is 2. The van der Waals surface area contributed by atoms with Crippen molar-refractivity contribution in [3.05, 3.63) is 83.0 Å². The SMILES string of the molecule is O=C1CSC(c2cccc(C(F)(F)F)c2)N1c1ccc(Oc2ccc(Cl)cc2)cn1. The number of hydrogen-bond acceptors (Lipinski definition) is 4. The van der Waals surface area contributed by atoms with Crippen LogP contribution in [0.2, 0.25) is 5.02 Å². The number of rotatable bonds is 4. The zero-order valence-corrected chi connectivity index (χ0v) is 16.8. The lowest BCUT2D eigenvalue weighted by Crippen LogP contribution is -2.28. The van der Waals surface area contributed by atoms with Crippen LogP contribution in [0, 0.1) is 0 Å². The van der Waals surface area contributed by atoms with Gasteiger partial charge in [-0.05, 0) is 54.1 Å². The van der Waals surface area contributed by atoms with E-state index in [1.807, 2.05) is 0 Å². The second kappa shape index (κ2) is 8.20. The molecule has 2 aromatic carbocycles. The van der Waals surface area contributed by atoms with Crippen molar-refractivity contribution in [3.8, 4) is 11.5 Å². The third-order valence-electron chi connectivity index (χ3n) is 4.38. The maximum Gasteiger partial charge on any atom is 0.416 e. The molecule has 0 aliphatic carbocycles. The number of hydrogen-bond donors (Lipinski definition) is 0. The number of carbonyl (C=O) groups excluding carboxylic acids is 1. The first-order valence-corrected chi connectivity index (χ1v) is 10.2. The van der Waals surface area contributed by atoms with E-state index in [1.54, 1.807) is 42.5 Å². The number of nitrogens with zero attached hydrogens (tertiary/aromatic N) is 2. The fourth-order valence-corrected chi connectivity index (χ4v) is 4.28. The summed E-state index contributed by atoms with van der Waals surface area (Å²) >= 11 is 7.11. The van der Waals surface area contributed by atoms with Crippen LogP contribution < -0.4 is 9.64 Å². The van der Waals surface area contributed by atoms with Crippen LogP contribution in [-0.2, 0) is 11.0 Å². The zero-order chi connectivity index (χ0) is 21.3. The highest BCUT2D eigenvalue weighted by molar-refractivity contribution is 8.00. The zero-order valence-electron chi connectivity index (χ0n) is 15.3. The van der Waals surface area contributed by atoms with Crippen LogP contribution in [0.4, 0.5) is 19.0 Å². The Labute approximate surface area is 179 Å². The van der Waals surface area contributed by atoms with Crippen molar-refractivity contribution in [3.63, 3.8) is 0 Å². The summed E-state index contributed by atoms with van der Waals surface area (Å²) in [5, 5.41) is -0.00293. The first kappa shape index (κ1) is 20.6. The summed E-state index contributed by atoms with van der Waals surface area (Å²) < 4.78 is 44.9. The van der Waals surface area contributed by atoms with Crippen molar-refractivity contribution in [2.45, 2.75) is 11.6 Å². The largest absolute Gasteiger partial charge is 0.456 e. The number of amides is 1. The molecular weight excluding hydrogens is 437 g/mol. The van der Waals surface area contributed by atoms with Gasteiger partial charge in [-0.3, -0.25) is 9.69 Å². The van der Waals surface area contributed by atoms with Crippen molar-refractivity contribution in [1.82, 2.24) is 4.98 Å². The molecular formula is C21H14ClF3N2O2S. The Balaban J connectivity index is 1.57. The Morgan fingerprint density at radius 3 is 2.47 bits per heavy atom. The summed E-state index contributed by atoms with van der Waals surface area (Å²) in [7, 11) is 0. The van der Waals surface area contributed by atoms with Crippen LogP contribution in [0.25, 0.3) is 0 Å². The van der Waals surface area contributed by atoms with Crippen molar-refractivity contribution in [2.75, 3.05) is 10.7 Å². The van der Waals surface area contributed by atoms with Crippen molar-refractivity contribution in [1.29, 1.82) is 0 Å². The molecule has 1 saturated heterocycles. The number of alkyl halides is 3. The molecule has 3 aromatic rings. The van der Waals surface area contributed by atoms with Gasteiger partial charge in [0.05, 0.1) is 17.5 Å². The molecule has 1 fully saturated rings. The van der Waals surface area contributed by atoms with Gasteiger partial charge in [0.25, 0.3) is 0 Å². The molecule has 1 aromatic heterocycles. The van der Waals surface area contributed by atoms with E-state index >= 15 is 0 Å². The molecule has 9 heteroatoms. The Morgan fingerprint density at radius 1 is 1.07 bits per heavy atom. The molecule has 4 rings (SSSR count). The maximum atomic E-state index is 13.1. The van der Waals surface area contributed by atoms with Gasteiger partial charge in [-0.2, -0.15) is 13.2 Å². The second-order valence-corrected chi connectivity index (χ2v) is 7.96. The van der Waals surface area contributed by atoms with E-state index in [2.05, 4.69) is 4.98 Å². The normalized spacial score (nSPS) is 16.7. The van der Waals surface area contributed by atoms with Gasteiger partial charge in [0.2, 0.25) is 5.91 Å². The highest BCUT2D eigenvalue weighted by atomic mass is 35.5. The first-order chi connectivity index (χ1) is 14.3. The van der Waals surface area contributed by atoms with E-state index in [1.165, 1.54) is 28.9 Å². The number of pyridine rings is 1. The highest BCUT2D eigenvalue weighted by Crippen LogP contribution is 2.42. The van der Waals surface area contributed by atoms with Crippen molar-refractivity contribution >= 4 is 35.1 Å². The summed E-state index contributed by atoms with van der Waals surface area (Å²) in [6, 6.07) is 15.1. The van der Waals surface area contributed by atoms with Crippen molar-refractivity contribution < 1.29 is 22.7 Å². The number of aromatic nitrogens is 1. The van der Waals surface area contributed by atoms with Crippen LogP contribution in [0.3, 0.4) is 0 Å². The van der Waals surface area contributed by atoms with E-state index in [9.17, 15) is 18.0 Å². The van der Waals surface area contributed by atoms with Gasteiger partial charge in [-0.15, -0.1) is 11.8 Å². The van der Waals surface area contributed by atoms with Crippen LogP contribution in [0.1, 0.15) is 16.5 Å². The number of anilines is 1. The first-order valence-electron chi connectivity index (χ1n) is 8.81. The van der Waals surface area contributed by atoms with Crippen LogP contribution in [0.5, 0.6) is 11.5 Å². The lowest BCUT2D eigenvalue weighted by molar-refractivity contribution is -0.137. The minimum Gasteiger partial charge on any atom is -0.456 e. The van der Waals surface area contributed by atoms with Gasteiger partial charge in [-0.25, -0.2) is 4.98 Å². The summed E-state index contributed by atoms with van der Waals surface area (Å²) in [6.07, 6.45) is -2.99. The van der Waals surface area contributed by atoms with Gasteiger partial charge in [0, 0.05) is 5.02 Å². The monoisotopic (exact) mass is 450 g/mol. The molecule has 1 unspecified atom stereocenters. The molecule has 0 N–H and O–H groups in total. The fourth-order valence-electron chi connectivity index (χ4n) is 3.00. The van der Waals surface area contributed by atoms with Gasteiger partial charge in [0.1, 0.15) is 22.7 Å². The number of carbonyl (C=O) groups is 1. The molecule has 1 atom stereocenters. The Morgan fingerprint density at radius 2 is 1.80 bits per heavy atom. The molecule has 30 heavy (non-hydrogen) atoms. The van der Waals surface area contributed by atoms with E-state index < -0.39 is 17.1 Å². The molecule has 154 valence electrons. The standard InChI is InChI=1S/C21H14ClF3N2O2S/c22-15-4-6-16(7-5-15)29-17-8-9-18(26-11-17)27-19(28)12-30-20(27)13-2-1-3-14(10-13)21(23,24)25/h1-11,20H,12H2. The molecule has 2 heterocycles. The number of thioether (sulfide) groups is 1. The molecule has 4 nitrogen and oxygen atoms in total. The minimum atomic E-state index is -4.45. The van der Waals surface area contributed by atoms with Gasteiger partial charge < -0.3 is 4.74 Å². The van der Waals surface area contributed by atoms with E-state index in [4.69, 9.17) is 16.3 Å². The van der Waals surface area contributed by atoms with Gasteiger partial charge >= 0.3 is 6.18 Å². The summed E-state index contributed by atoms with van der Waals surface area (Å²) in [5.41, 5.74) is -0.358. The fraction of sp³-hybridized carbons (Fsp3) is 0.143.